The van der Waals surface area contributed by atoms with Gasteiger partial charge in [0, 0.05) is 6.04 Å². The average Bonchev–Trinajstić information content (AvgIpc) is 1.79. The van der Waals surface area contributed by atoms with E-state index in [4.69, 9.17) is 17.3 Å². The van der Waals surface area contributed by atoms with Crippen LogP contribution in [0, 0.1) is 0 Å². The standard InChI is InChI=1S/C4H8ClNO2S.ClH/c5-3-1-9(7,8)2-4(3)6;/h3-4H,1-2,6H2;1H/t3-,4-;/m1./s1. The maximum absolute atomic E-state index is 10.7. The van der Waals surface area contributed by atoms with Crippen molar-refractivity contribution in [2.24, 2.45) is 5.73 Å². The molecule has 1 saturated heterocycles. The first-order valence-electron chi connectivity index (χ1n) is 2.61. The second-order valence-electron chi connectivity index (χ2n) is 2.26. The predicted octanol–water partition coefficient (Wildman–Crippen LogP) is -0.229. The van der Waals surface area contributed by atoms with E-state index in [2.05, 4.69) is 0 Å². The van der Waals surface area contributed by atoms with Crippen molar-refractivity contribution in [2.75, 3.05) is 11.5 Å². The third kappa shape index (κ3) is 2.27. The smallest absolute Gasteiger partial charge is 0.153 e. The van der Waals surface area contributed by atoms with Crippen molar-refractivity contribution >= 4 is 33.8 Å². The van der Waals surface area contributed by atoms with Gasteiger partial charge < -0.3 is 5.73 Å². The van der Waals surface area contributed by atoms with E-state index in [9.17, 15) is 8.42 Å². The van der Waals surface area contributed by atoms with Crippen LogP contribution in [0.25, 0.3) is 0 Å². The Morgan fingerprint density at radius 2 is 1.90 bits per heavy atom. The van der Waals surface area contributed by atoms with Crippen molar-refractivity contribution < 1.29 is 8.42 Å². The Bertz CT molecular complexity index is 187. The number of hydrogen-bond acceptors (Lipinski definition) is 3. The lowest BCUT2D eigenvalue weighted by Crippen LogP contribution is -2.28. The molecule has 0 aromatic heterocycles. The Labute approximate surface area is 71.2 Å². The molecule has 0 spiro atoms. The van der Waals surface area contributed by atoms with Crippen LogP contribution in [0.4, 0.5) is 0 Å². The van der Waals surface area contributed by atoms with Gasteiger partial charge in [0.15, 0.2) is 9.84 Å². The van der Waals surface area contributed by atoms with Crippen molar-refractivity contribution in [2.45, 2.75) is 11.4 Å². The van der Waals surface area contributed by atoms with Crippen molar-refractivity contribution in [3.8, 4) is 0 Å². The van der Waals surface area contributed by atoms with Gasteiger partial charge in [-0.25, -0.2) is 8.42 Å². The summed E-state index contributed by atoms with van der Waals surface area (Å²) in [6.45, 7) is 0. The Kier molecular flexibility index (Phi) is 3.42. The molecule has 3 nitrogen and oxygen atoms in total. The second kappa shape index (κ2) is 3.26. The molecule has 0 amide bonds. The molecule has 1 heterocycles. The van der Waals surface area contributed by atoms with E-state index in [1.54, 1.807) is 0 Å². The van der Waals surface area contributed by atoms with Crippen molar-refractivity contribution in [1.29, 1.82) is 0 Å². The molecule has 2 atom stereocenters. The number of alkyl halides is 1. The van der Waals surface area contributed by atoms with Gasteiger partial charge >= 0.3 is 0 Å². The van der Waals surface area contributed by atoms with Crippen LogP contribution in [0.2, 0.25) is 0 Å². The minimum absolute atomic E-state index is 0. The van der Waals surface area contributed by atoms with Crippen LogP contribution in [-0.4, -0.2) is 31.3 Å². The molecule has 62 valence electrons. The fraction of sp³-hybridized carbons (Fsp3) is 1.00. The fourth-order valence-electron chi connectivity index (χ4n) is 0.832. The van der Waals surface area contributed by atoms with Crippen LogP contribution in [0.15, 0.2) is 0 Å². The summed E-state index contributed by atoms with van der Waals surface area (Å²) in [7, 11) is -2.90. The van der Waals surface area contributed by atoms with E-state index in [1.807, 2.05) is 0 Å². The third-order valence-corrected chi connectivity index (χ3v) is 3.74. The summed E-state index contributed by atoms with van der Waals surface area (Å²) in [6.07, 6.45) is 0. The summed E-state index contributed by atoms with van der Waals surface area (Å²) in [4.78, 5) is 0. The lowest BCUT2D eigenvalue weighted by atomic mass is 10.3. The largest absolute Gasteiger partial charge is 0.326 e. The molecule has 6 heteroatoms. The lowest BCUT2D eigenvalue weighted by molar-refractivity contribution is 0.601. The van der Waals surface area contributed by atoms with Crippen molar-refractivity contribution in [3.63, 3.8) is 0 Å². The van der Waals surface area contributed by atoms with Crippen LogP contribution in [0.1, 0.15) is 0 Å². The molecule has 1 aliphatic heterocycles. The van der Waals surface area contributed by atoms with Crippen LogP contribution in [-0.2, 0) is 9.84 Å². The highest BCUT2D eigenvalue weighted by Gasteiger charge is 2.33. The minimum atomic E-state index is -2.90. The zero-order chi connectivity index (χ0) is 7.07. The molecular formula is C4H9Cl2NO2S. The Morgan fingerprint density at radius 3 is 2.00 bits per heavy atom. The maximum atomic E-state index is 10.7. The first-order valence-corrected chi connectivity index (χ1v) is 4.87. The van der Waals surface area contributed by atoms with Crippen LogP contribution < -0.4 is 5.73 Å². The van der Waals surface area contributed by atoms with Gasteiger partial charge in [0.25, 0.3) is 0 Å². The zero-order valence-corrected chi connectivity index (χ0v) is 7.55. The number of nitrogens with two attached hydrogens (primary N) is 1. The summed E-state index contributed by atoms with van der Waals surface area (Å²) in [5.41, 5.74) is 5.34. The van der Waals surface area contributed by atoms with E-state index >= 15 is 0 Å². The van der Waals surface area contributed by atoms with Gasteiger partial charge in [0.1, 0.15) is 0 Å². The monoisotopic (exact) mass is 205 g/mol. The Morgan fingerprint density at radius 1 is 1.40 bits per heavy atom. The summed E-state index contributed by atoms with van der Waals surface area (Å²) in [5.74, 6) is 0.0802. The van der Waals surface area contributed by atoms with E-state index in [1.165, 1.54) is 0 Å². The maximum Gasteiger partial charge on any atom is 0.153 e. The lowest BCUT2D eigenvalue weighted by Gasteiger charge is -2.00. The SMILES string of the molecule is Cl.N[C@@H]1CS(=O)(=O)C[C@H]1Cl. The minimum Gasteiger partial charge on any atom is -0.326 e. The Hall–Kier alpha value is 0.490. The molecule has 0 unspecified atom stereocenters. The molecule has 1 fully saturated rings. The molecule has 1 rings (SSSR count). The number of hydrogen-bond donors (Lipinski definition) is 1. The topological polar surface area (TPSA) is 60.2 Å². The van der Waals surface area contributed by atoms with E-state index in [-0.39, 0.29) is 35.3 Å². The van der Waals surface area contributed by atoms with E-state index < -0.39 is 9.84 Å². The molecule has 1 aliphatic rings. The summed E-state index contributed by atoms with van der Waals surface area (Å²) in [6, 6.07) is -0.364. The number of halogens is 2. The zero-order valence-electron chi connectivity index (χ0n) is 5.16. The molecule has 0 aliphatic carbocycles. The first-order chi connectivity index (χ1) is 4.01. The summed E-state index contributed by atoms with van der Waals surface area (Å²) >= 11 is 5.54. The van der Waals surface area contributed by atoms with Crippen LogP contribution in [0.3, 0.4) is 0 Å². The van der Waals surface area contributed by atoms with E-state index in [0.717, 1.165) is 0 Å². The first kappa shape index (κ1) is 10.5. The fourth-order valence-corrected chi connectivity index (χ4v) is 3.29. The quantitative estimate of drug-likeness (QED) is 0.557. The molecule has 0 aromatic carbocycles. The van der Waals surface area contributed by atoms with Crippen LogP contribution >= 0.6 is 24.0 Å². The van der Waals surface area contributed by atoms with Gasteiger partial charge in [-0.1, -0.05) is 0 Å². The van der Waals surface area contributed by atoms with Gasteiger partial charge in [-0.3, -0.25) is 0 Å². The molecule has 0 bridgehead atoms. The second-order valence-corrected chi connectivity index (χ2v) is 4.97. The van der Waals surface area contributed by atoms with Crippen molar-refractivity contribution in [3.05, 3.63) is 0 Å². The average molecular weight is 206 g/mol. The molecule has 0 aromatic rings. The highest BCUT2D eigenvalue weighted by molar-refractivity contribution is 7.91. The van der Waals surface area contributed by atoms with Gasteiger partial charge in [0.2, 0.25) is 0 Å². The van der Waals surface area contributed by atoms with Gasteiger partial charge in [-0.15, -0.1) is 24.0 Å². The molecular weight excluding hydrogens is 197 g/mol. The molecule has 0 radical (unpaired) electrons. The normalized spacial score (nSPS) is 37.0. The Balaban J connectivity index is 0.000000810. The third-order valence-electron chi connectivity index (χ3n) is 1.32. The highest BCUT2D eigenvalue weighted by atomic mass is 35.5. The number of rotatable bonds is 0. The van der Waals surface area contributed by atoms with Crippen LogP contribution in [0.5, 0.6) is 0 Å². The summed E-state index contributed by atoms with van der Waals surface area (Å²) < 4.78 is 21.4. The molecule has 0 saturated carbocycles. The van der Waals surface area contributed by atoms with Gasteiger partial charge in [-0.05, 0) is 0 Å². The number of sulfone groups is 1. The highest BCUT2D eigenvalue weighted by Crippen LogP contribution is 2.15. The molecule has 2 N–H and O–H groups in total. The predicted molar refractivity (Wildman–Crippen MR) is 43.5 cm³/mol. The van der Waals surface area contributed by atoms with Gasteiger partial charge in [-0.2, -0.15) is 0 Å². The van der Waals surface area contributed by atoms with Crippen molar-refractivity contribution in [1.82, 2.24) is 0 Å². The van der Waals surface area contributed by atoms with E-state index in [0.29, 0.717) is 0 Å². The molecule has 10 heavy (non-hydrogen) atoms. The summed E-state index contributed by atoms with van der Waals surface area (Å²) in [5, 5.41) is -0.380. The van der Waals surface area contributed by atoms with Gasteiger partial charge in [0.05, 0.1) is 16.9 Å².